The van der Waals surface area contributed by atoms with Gasteiger partial charge in [0.05, 0.1) is 23.2 Å². The average molecular weight is 526 g/mol. The standard InChI is InChI=1S/C22H22ClF2N5O4S/c23-17-5-13(1-2-18(17)24)9-30-4-3-15(10-30)21(31)16-8-27-12-28-22(16)29-20-7-14(6-19(20)25)11-34-35(26,32)33/h1-5,8,10,12,14,19-20H,6-7,9,11H2,(H2,26,32,33)(H,27,28,29)/t14-,19+,20-/m1/s1. The van der Waals surface area contributed by atoms with Gasteiger partial charge in [-0.25, -0.2) is 23.9 Å². The summed E-state index contributed by atoms with van der Waals surface area (Å²) in [4.78, 5) is 21.2. The van der Waals surface area contributed by atoms with Crippen LogP contribution in [0.4, 0.5) is 14.6 Å². The zero-order valence-corrected chi connectivity index (χ0v) is 19.8. The lowest BCUT2D eigenvalue weighted by atomic mass is 10.1. The molecule has 0 spiro atoms. The van der Waals surface area contributed by atoms with E-state index in [0.29, 0.717) is 12.1 Å². The van der Waals surface area contributed by atoms with Gasteiger partial charge in [0.2, 0.25) is 0 Å². The highest BCUT2D eigenvalue weighted by Crippen LogP contribution is 2.32. The van der Waals surface area contributed by atoms with Gasteiger partial charge >= 0.3 is 10.3 Å². The number of carbonyl (C=O) groups excluding carboxylic acids is 1. The van der Waals surface area contributed by atoms with Crippen molar-refractivity contribution < 1.29 is 26.2 Å². The molecule has 13 heteroatoms. The third-order valence-corrected chi connectivity index (χ3v) is 6.45. The predicted octanol–water partition coefficient (Wildman–Crippen LogP) is 3.10. The first kappa shape index (κ1) is 25.2. The number of nitrogens with one attached hydrogen (secondary N) is 1. The van der Waals surface area contributed by atoms with Crippen molar-refractivity contribution in [2.45, 2.75) is 31.6 Å². The smallest absolute Gasteiger partial charge is 0.333 e. The van der Waals surface area contributed by atoms with Crippen molar-refractivity contribution in [3.63, 3.8) is 0 Å². The molecule has 1 aliphatic rings. The largest absolute Gasteiger partial charge is 0.364 e. The molecule has 0 radical (unpaired) electrons. The van der Waals surface area contributed by atoms with E-state index in [1.165, 1.54) is 24.7 Å². The topological polar surface area (TPSA) is 129 Å². The molecule has 2 aromatic heterocycles. The molecule has 1 fully saturated rings. The number of ketones is 1. The Balaban J connectivity index is 1.45. The summed E-state index contributed by atoms with van der Waals surface area (Å²) in [5, 5.41) is 7.80. The molecule has 9 nitrogen and oxygen atoms in total. The first-order valence-electron chi connectivity index (χ1n) is 10.6. The van der Waals surface area contributed by atoms with Gasteiger partial charge in [0, 0.05) is 30.7 Å². The van der Waals surface area contributed by atoms with Gasteiger partial charge in [-0.1, -0.05) is 17.7 Å². The van der Waals surface area contributed by atoms with Crippen LogP contribution < -0.4 is 10.5 Å². The Hall–Kier alpha value is -2.93. The number of nitrogens with two attached hydrogens (primary N) is 1. The summed E-state index contributed by atoms with van der Waals surface area (Å²) in [5.74, 6) is -1.07. The first-order valence-corrected chi connectivity index (χ1v) is 12.5. The number of carbonyl (C=O) groups is 1. The van der Waals surface area contributed by atoms with Gasteiger partial charge < -0.3 is 9.88 Å². The van der Waals surface area contributed by atoms with Crippen LogP contribution in [-0.4, -0.2) is 47.6 Å². The van der Waals surface area contributed by atoms with Crippen molar-refractivity contribution >= 4 is 33.5 Å². The number of nitrogens with zero attached hydrogens (tertiary/aromatic N) is 3. The van der Waals surface area contributed by atoms with Gasteiger partial charge in [-0.3, -0.25) is 8.98 Å². The minimum absolute atomic E-state index is 0.0136. The van der Waals surface area contributed by atoms with Crippen molar-refractivity contribution in [1.82, 2.24) is 14.5 Å². The van der Waals surface area contributed by atoms with E-state index < -0.39 is 28.3 Å². The Morgan fingerprint density at radius 2 is 2.11 bits per heavy atom. The summed E-state index contributed by atoms with van der Waals surface area (Å²) in [7, 11) is -4.11. The Kier molecular flexibility index (Phi) is 7.45. The molecule has 0 unspecified atom stereocenters. The number of rotatable bonds is 9. The maximum atomic E-state index is 14.6. The molecule has 3 atom stereocenters. The fourth-order valence-corrected chi connectivity index (χ4v) is 4.61. The summed E-state index contributed by atoms with van der Waals surface area (Å²) in [6, 6.07) is 5.32. The van der Waals surface area contributed by atoms with E-state index in [0.717, 1.165) is 5.56 Å². The molecule has 186 valence electrons. The summed E-state index contributed by atoms with van der Waals surface area (Å²) >= 11 is 5.83. The summed E-state index contributed by atoms with van der Waals surface area (Å²) in [6.45, 7) is 0.150. The number of hydrogen-bond acceptors (Lipinski definition) is 7. The third-order valence-electron chi connectivity index (χ3n) is 5.69. The van der Waals surface area contributed by atoms with E-state index in [4.69, 9.17) is 16.7 Å². The highest BCUT2D eigenvalue weighted by molar-refractivity contribution is 7.84. The molecule has 0 bridgehead atoms. The van der Waals surface area contributed by atoms with Crippen LogP contribution in [-0.2, 0) is 21.0 Å². The quantitative estimate of drug-likeness (QED) is 0.411. The fourth-order valence-electron chi connectivity index (χ4n) is 4.03. The molecular formula is C22H22ClF2N5O4S. The van der Waals surface area contributed by atoms with Crippen LogP contribution in [0.15, 0.2) is 49.2 Å². The Labute approximate surface area is 205 Å². The first-order chi connectivity index (χ1) is 16.6. The van der Waals surface area contributed by atoms with Gasteiger partial charge in [-0.2, -0.15) is 8.42 Å². The molecule has 1 saturated carbocycles. The zero-order chi connectivity index (χ0) is 25.2. The van der Waals surface area contributed by atoms with Crippen molar-refractivity contribution in [3.05, 3.63) is 76.7 Å². The van der Waals surface area contributed by atoms with Crippen molar-refractivity contribution in [2.75, 3.05) is 11.9 Å². The van der Waals surface area contributed by atoms with Crippen LogP contribution in [0.5, 0.6) is 0 Å². The minimum Gasteiger partial charge on any atom is -0.364 e. The summed E-state index contributed by atoms with van der Waals surface area (Å²) in [6.07, 6.45) is 4.97. The zero-order valence-electron chi connectivity index (χ0n) is 18.3. The minimum atomic E-state index is -4.11. The van der Waals surface area contributed by atoms with Gasteiger partial charge in [0.25, 0.3) is 0 Å². The van der Waals surface area contributed by atoms with Crippen LogP contribution in [0.2, 0.25) is 5.02 Å². The average Bonchev–Trinajstić information content (AvgIpc) is 3.41. The van der Waals surface area contributed by atoms with Crippen LogP contribution in [0.3, 0.4) is 0 Å². The molecule has 2 heterocycles. The van der Waals surface area contributed by atoms with E-state index in [1.54, 1.807) is 29.1 Å². The molecule has 3 aromatic rings. The molecule has 0 aliphatic heterocycles. The Morgan fingerprint density at radius 1 is 1.31 bits per heavy atom. The predicted molar refractivity (Wildman–Crippen MR) is 124 cm³/mol. The van der Waals surface area contributed by atoms with Gasteiger partial charge in [0.1, 0.15) is 24.1 Å². The van der Waals surface area contributed by atoms with Gasteiger partial charge in [-0.05, 0) is 42.5 Å². The molecule has 4 rings (SSSR count). The molecule has 1 aromatic carbocycles. The number of anilines is 1. The van der Waals surface area contributed by atoms with E-state index in [9.17, 15) is 22.0 Å². The normalized spacial score (nSPS) is 20.2. The number of halogens is 3. The lowest BCUT2D eigenvalue weighted by Crippen LogP contribution is -2.27. The number of aromatic nitrogens is 3. The molecule has 1 aliphatic carbocycles. The summed E-state index contributed by atoms with van der Waals surface area (Å²) in [5.41, 5.74) is 1.28. The fraction of sp³-hybridized carbons (Fsp3) is 0.318. The third kappa shape index (κ3) is 6.40. The highest BCUT2D eigenvalue weighted by atomic mass is 35.5. The Bertz CT molecular complexity index is 1340. The van der Waals surface area contributed by atoms with Crippen molar-refractivity contribution in [1.29, 1.82) is 0 Å². The SMILES string of the molecule is NS(=O)(=O)OC[C@@H]1C[C@H](F)[C@H](Nc2ncncc2C(=O)c2ccn(Cc3ccc(F)c(Cl)c3)c2)C1. The molecule has 35 heavy (non-hydrogen) atoms. The highest BCUT2D eigenvalue weighted by Gasteiger charge is 2.36. The molecule has 3 N–H and O–H groups in total. The number of alkyl halides is 1. The molecular weight excluding hydrogens is 504 g/mol. The van der Waals surface area contributed by atoms with E-state index in [1.807, 2.05) is 0 Å². The number of hydrogen-bond donors (Lipinski definition) is 2. The second-order valence-corrected chi connectivity index (χ2v) is 9.95. The van der Waals surface area contributed by atoms with Crippen LogP contribution in [0, 0.1) is 11.7 Å². The van der Waals surface area contributed by atoms with Crippen molar-refractivity contribution in [2.24, 2.45) is 11.1 Å². The van der Waals surface area contributed by atoms with E-state index in [2.05, 4.69) is 19.5 Å². The van der Waals surface area contributed by atoms with Gasteiger partial charge in [-0.15, -0.1) is 0 Å². The maximum absolute atomic E-state index is 14.6. The lowest BCUT2D eigenvalue weighted by molar-refractivity contribution is 0.103. The Morgan fingerprint density at radius 3 is 2.86 bits per heavy atom. The number of benzene rings is 1. The van der Waals surface area contributed by atoms with Crippen LogP contribution >= 0.6 is 11.6 Å². The van der Waals surface area contributed by atoms with Crippen LogP contribution in [0.1, 0.15) is 34.3 Å². The molecule has 0 amide bonds. The lowest BCUT2D eigenvalue weighted by Gasteiger charge is -2.17. The van der Waals surface area contributed by atoms with E-state index >= 15 is 0 Å². The van der Waals surface area contributed by atoms with Gasteiger partial charge in [0.15, 0.2) is 5.78 Å². The second kappa shape index (κ2) is 10.4. The second-order valence-electron chi connectivity index (χ2n) is 8.32. The van der Waals surface area contributed by atoms with Crippen molar-refractivity contribution in [3.8, 4) is 0 Å². The van der Waals surface area contributed by atoms with Crippen LogP contribution in [0.25, 0.3) is 0 Å². The summed E-state index contributed by atoms with van der Waals surface area (Å²) < 4.78 is 56.3. The molecule has 0 saturated heterocycles. The van der Waals surface area contributed by atoms with E-state index in [-0.39, 0.29) is 47.6 Å². The maximum Gasteiger partial charge on any atom is 0.333 e. The monoisotopic (exact) mass is 525 g/mol.